The minimum absolute atomic E-state index is 0.0331. The van der Waals surface area contributed by atoms with E-state index in [1.165, 1.54) is 12.1 Å². The van der Waals surface area contributed by atoms with Gasteiger partial charge in [0.15, 0.2) is 0 Å². The van der Waals surface area contributed by atoms with E-state index in [4.69, 9.17) is 9.97 Å². The highest BCUT2D eigenvalue weighted by Gasteiger charge is 2.35. The minimum atomic E-state index is -4.68. The van der Waals surface area contributed by atoms with Crippen LogP contribution in [0.3, 0.4) is 0 Å². The summed E-state index contributed by atoms with van der Waals surface area (Å²) in [6.45, 7) is 0. The van der Waals surface area contributed by atoms with Gasteiger partial charge in [0.1, 0.15) is 11.6 Å². The molecule has 5 nitrogen and oxygen atoms in total. The van der Waals surface area contributed by atoms with Crippen molar-refractivity contribution in [3.05, 3.63) is 230 Å². The number of nitrogens with zero attached hydrogens (tertiary/aromatic N) is 5. The van der Waals surface area contributed by atoms with Crippen molar-refractivity contribution in [1.29, 1.82) is 5.26 Å². The number of rotatable bonds is 7. The third kappa shape index (κ3) is 6.71. The zero-order valence-electron chi connectivity index (χ0n) is 36.2. The van der Waals surface area contributed by atoms with Crippen molar-refractivity contribution in [3.63, 3.8) is 0 Å². The molecule has 0 unspecified atom stereocenters. The van der Waals surface area contributed by atoms with Crippen LogP contribution in [0.4, 0.5) is 13.2 Å². The maximum atomic E-state index is 15.1. The summed E-state index contributed by atoms with van der Waals surface area (Å²) in [6.07, 6.45) is -0.963. The second-order valence-corrected chi connectivity index (χ2v) is 16.8. The van der Waals surface area contributed by atoms with Gasteiger partial charge in [0, 0.05) is 61.8 Å². The lowest BCUT2D eigenvalue weighted by Crippen LogP contribution is -2.10. The Bertz CT molecular complexity index is 3940. The number of halogens is 3. The molecule has 12 rings (SSSR count). The molecule has 0 aliphatic carbocycles. The molecule has 8 heteroatoms. The Labute approximate surface area is 388 Å². The molecular weight excluding hydrogens is 848 g/mol. The first-order valence-electron chi connectivity index (χ1n) is 22.2. The molecule has 0 N–H and O–H groups in total. The third-order valence-corrected chi connectivity index (χ3v) is 12.9. The first kappa shape index (κ1) is 40.4. The van der Waals surface area contributed by atoms with Crippen LogP contribution in [0.25, 0.3) is 111 Å². The van der Waals surface area contributed by atoms with Crippen molar-refractivity contribution in [3.8, 4) is 73.3 Å². The largest absolute Gasteiger partial charge is 0.417 e. The van der Waals surface area contributed by atoms with Gasteiger partial charge in [-0.05, 0) is 65.2 Å². The van der Waals surface area contributed by atoms with E-state index in [-0.39, 0.29) is 16.7 Å². The topological polar surface area (TPSA) is 59.4 Å². The van der Waals surface area contributed by atoms with Gasteiger partial charge >= 0.3 is 6.18 Å². The molecule has 0 aliphatic heterocycles. The van der Waals surface area contributed by atoms with Crippen LogP contribution >= 0.6 is 0 Å². The van der Waals surface area contributed by atoms with Crippen molar-refractivity contribution in [1.82, 2.24) is 19.1 Å². The van der Waals surface area contributed by atoms with Crippen molar-refractivity contribution in [2.75, 3.05) is 0 Å². The monoisotopic (exact) mass is 883 g/mol. The number of alkyl halides is 3. The van der Waals surface area contributed by atoms with E-state index in [1.54, 1.807) is 18.2 Å². The normalized spacial score (nSPS) is 11.7. The Hall–Kier alpha value is -9.06. The Kier molecular flexibility index (Phi) is 9.59. The third-order valence-electron chi connectivity index (χ3n) is 12.9. The van der Waals surface area contributed by atoms with E-state index in [9.17, 15) is 5.26 Å². The van der Waals surface area contributed by atoms with E-state index in [0.29, 0.717) is 16.9 Å². The van der Waals surface area contributed by atoms with Crippen LogP contribution in [0.2, 0.25) is 0 Å². The first-order valence-corrected chi connectivity index (χ1v) is 22.2. The van der Waals surface area contributed by atoms with Crippen LogP contribution in [0.15, 0.2) is 219 Å². The number of hydrogen-bond donors (Lipinski definition) is 0. The maximum Gasteiger partial charge on any atom is 0.417 e. The number of para-hydroxylation sites is 2. The van der Waals surface area contributed by atoms with Crippen LogP contribution in [0.1, 0.15) is 11.1 Å². The van der Waals surface area contributed by atoms with E-state index >= 15 is 13.2 Å². The molecule has 8 aromatic carbocycles. The molecule has 0 spiro atoms. The van der Waals surface area contributed by atoms with Crippen molar-refractivity contribution < 1.29 is 13.2 Å². The fourth-order valence-electron chi connectivity index (χ4n) is 9.78. The molecule has 0 saturated carbocycles. The van der Waals surface area contributed by atoms with Crippen LogP contribution in [-0.4, -0.2) is 19.1 Å². The molecule has 0 bridgehead atoms. The summed E-state index contributed by atoms with van der Waals surface area (Å²) in [4.78, 5) is 9.70. The van der Waals surface area contributed by atoms with Gasteiger partial charge in [-0.2, -0.15) is 18.4 Å². The Morgan fingerprint density at radius 3 is 1.53 bits per heavy atom. The highest BCUT2D eigenvalue weighted by molar-refractivity contribution is 6.12. The van der Waals surface area contributed by atoms with Gasteiger partial charge in [-0.25, -0.2) is 0 Å². The van der Waals surface area contributed by atoms with Crippen molar-refractivity contribution >= 4 is 43.6 Å². The molecule has 4 heterocycles. The molecule has 12 aromatic rings. The fourth-order valence-corrected chi connectivity index (χ4v) is 9.78. The van der Waals surface area contributed by atoms with Gasteiger partial charge in [-0.15, -0.1) is 0 Å². The number of hydrogen-bond acceptors (Lipinski definition) is 3. The summed E-state index contributed by atoms with van der Waals surface area (Å²) >= 11 is 0. The fraction of sp³-hybridized carbons (Fsp3) is 0.0167. The molecule has 0 radical (unpaired) electrons. The van der Waals surface area contributed by atoms with Crippen molar-refractivity contribution in [2.24, 2.45) is 0 Å². The molecule has 0 amide bonds. The van der Waals surface area contributed by atoms with E-state index < -0.39 is 11.7 Å². The Morgan fingerprint density at radius 2 is 0.897 bits per heavy atom. The first-order chi connectivity index (χ1) is 33.3. The van der Waals surface area contributed by atoms with E-state index in [1.807, 2.05) is 156 Å². The predicted molar refractivity (Wildman–Crippen MR) is 268 cm³/mol. The molecule has 0 atom stereocenters. The molecule has 0 aliphatic rings. The number of pyridine rings is 2. The predicted octanol–water partition coefficient (Wildman–Crippen LogP) is 15.9. The highest BCUT2D eigenvalue weighted by Crippen LogP contribution is 2.46. The van der Waals surface area contributed by atoms with Gasteiger partial charge < -0.3 is 9.13 Å². The molecule has 0 saturated heterocycles. The number of fused-ring (bicyclic) bond motifs is 6. The highest BCUT2D eigenvalue weighted by atomic mass is 19.4. The quantitative estimate of drug-likeness (QED) is 0.160. The minimum Gasteiger partial charge on any atom is -0.308 e. The molecule has 68 heavy (non-hydrogen) atoms. The lowest BCUT2D eigenvalue weighted by atomic mass is 9.94. The van der Waals surface area contributed by atoms with Crippen LogP contribution in [0, 0.1) is 11.3 Å². The Balaban J connectivity index is 1.13. The summed E-state index contributed by atoms with van der Waals surface area (Å²) in [6, 6.07) is 68.0. The average Bonchev–Trinajstić information content (AvgIpc) is 3.90. The molecule has 0 fully saturated rings. The lowest BCUT2D eigenvalue weighted by molar-refractivity contribution is -0.137. The van der Waals surface area contributed by atoms with Gasteiger partial charge in [0.2, 0.25) is 0 Å². The molecular formula is C60H36F3N5. The van der Waals surface area contributed by atoms with Crippen LogP contribution in [-0.2, 0) is 6.18 Å². The van der Waals surface area contributed by atoms with Gasteiger partial charge in [-0.3, -0.25) is 9.97 Å². The number of nitriles is 1. The summed E-state index contributed by atoms with van der Waals surface area (Å²) in [5.74, 6) is 0. The van der Waals surface area contributed by atoms with Crippen LogP contribution < -0.4 is 0 Å². The average molecular weight is 884 g/mol. The number of benzene rings is 8. The standard InChI is InChI=1S/C60H36F3N5/c61-60(62,63)51-20-10-7-17-44(51)49-29-32-56(67-54-21-11-8-18-45(54)47-27-23-40(33-57(47)67)43-26-30-52(65-37-43)39-15-5-2-6-16-39)50(35-64)59(49)68-55-22-12-9-19-46(55)48-28-24-41(34-58(48)68)53-31-25-42(36-66-53)38-13-3-1-4-14-38/h1-34,36-37H. The summed E-state index contributed by atoms with van der Waals surface area (Å²) in [5.41, 5.74) is 10.9. The SMILES string of the molecule is N#Cc1c(-n2c3ccccc3c3ccc(-c4ccc(-c5ccccc5)nc4)cc32)ccc(-c2ccccc2C(F)(F)F)c1-n1c2ccccc2c2ccc(-c3ccc(-c4ccccc4)cn3)cc21. The van der Waals surface area contributed by atoms with Gasteiger partial charge in [0.05, 0.1) is 50.4 Å². The van der Waals surface area contributed by atoms with E-state index in [2.05, 4.69) is 41.0 Å². The Morgan fingerprint density at radius 1 is 0.397 bits per heavy atom. The molecule has 322 valence electrons. The maximum absolute atomic E-state index is 15.1. The van der Waals surface area contributed by atoms with Crippen LogP contribution in [0.5, 0.6) is 0 Å². The second kappa shape index (κ2) is 16.1. The lowest BCUT2D eigenvalue weighted by Gasteiger charge is -2.22. The zero-order chi connectivity index (χ0) is 45.9. The number of aromatic nitrogens is 4. The summed E-state index contributed by atoms with van der Waals surface area (Å²) in [5, 5.41) is 15.4. The van der Waals surface area contributed by atoms with E-state index in [0.717, 1.165) is 88.9 Å². The van der Waals surface area contributed by atoms with Gasteiger partial charge in [0.25, 0.3) is 0 Å². The van der Waals surface area contributed by atoms with Gasteiger partial charge in [-0.1, -0.05) is 158 Å². The second-order valence-electron chi connectivity index (χ2n) is 16.8. The summed E-state index contributed by atoms with van der Waals surface area (Å²) < 4.78 is 49.4. The zero-order valence-corrected chi connectivity index (χ0v) is 36.2. The molecule has 4 aromatic heterocycles. The smallest absolute Gasteiger partial charge is 0.308 e. The van der Waals surface area contributed by atoms with Crippen molar-refractivity contribution in [2.45, 2.75) is 6.18 Å². The summed E-state index contributed by atoms with van der Waals surface area (Å²) in [7, 11) is 0.